The molecule has 0 radical (unpaired) electrons. The van der Waals surface area contributed by atoms with E-state index in [1.165, 1.54) is 0 Å². The summed E-state index contributed by atoms with van der Waals surface area (Å²) in [4.78, 5) is 23.0. The molecule has 5 heteroatoms. The summed E-state index contributed by atoms with van der Waals surface area (Å²) >= 11 is 0. The molecule has 0 fully saturated rings. The van der Waals surface area contributed by atoms with Crippen molar-refractivity contribution in [1.29, 1.82) is 0 Å². The third-order valence-electron chi connectivity index (χ3n) is 3.83. The number of anilines is 1. The van der Waals surface area contributed by atoms with Crippen molar-refractivity contribution in [1.82, 2.24) is 5.32 Å². The van der Waals surface area contributed by atoms with Gasteiger partial charge in [-0.3, -0.25) is 9.59 Å². The van der Waals surface area contributed by atoms with Gasteiger partial charge in [0.1, 0.15) is 5.75 Å². The van der Waals surface area contributed by atoms with Gasteiger partial charge in [0.2, 0.25) is 11.8 Å². The molecular formula is C18H26N2O3. The van der Waals surface area contributed by atoms with Crippen LogP contribution < -0.4 is 15.4 Å². The minimum atomic E-state index is 0.0645. The van der Waals surface area contributed by atoms with Crippen LogP contribution in [0.1, 0.15) is 45.1 Å². The summed E-state index contributed by atoms with van der Waals surface area (Å²) in [7, 11) is 0. The van der Waals surface area contributed by atoms with E-state index in [-0.39, 0.29) is 11.8 Å². The van der Waals surface area contributed by atoms with Crippen LogP contribution in [-0.4, -0.2) is 25.0 Å². The third-order valence-corrected chi connectivity index (χ3v) is 3.83. The van der Waals surface area contributed by atoms with Crippen molar-refractivity contribution in [3.8, 4) is 5.75 Å². The maximum atomic E-state index is 11.7. The summed E-state index contributed by atoms with van der Waals surface area (Å²) in [5.74, 6) is 1.55. The highest BCUT2D eigenvalue weighted by atomic mass is 16.5. The van der Waals surface area contributed by atoms with Crippen LogP contribution in [-0.2, 0) is 16.0 Å². The monoisotopic (exact) mass is 318 g/mol. The summed E-state index contributed by atoms with van der Waals surface area (Å²) in [6.45, 7) is 5.55. The molecule has 0 spiro atoms. The van der Waals surface area contributed by atoms with Crippen LogP contribution >= 0.6 is 0 Å². The quantitative estimate of drug-likeness (QED) is 0.724. The first-order valence-electron chi connectivity index (χ1n) is 8.37. The van der Waals surface area contributed by atoms with E-state index in [0.717, 1.165) is 36.4 Å². The molecule has 1 aromatic rings. The summed E-state index contributed by atoms with van der Waals surface area (Å²) in [5, 5.41) is 5.77. The zero-order valence-corrected chi connectivity index (χ0v) is 14.0. The highest BCUT2D eigenvalue weighted by molar-refractivity contribution is 5.94. The lowest BCUT2D eigenvalue weighted by molar-refractivity contribution is -0.121. The molecule has 1 heterocycles. The van der Waals surface area contributed by atoms with E-state index in [4.69, 9.17) is 4.74 Å². The van der Waals surface area contributed by atoms with Gasteiger partial charge in [0.15, 0.2) is 0 Å². The van der Waals surface area contributed by atoms with Crippen LogP contribution in [0.3, 0.4) is 0 Å². The number of amides is 2. The van der Waals surface area contributed by atoms with Crippen LogP contribution in [0.15, 0.2) is 18.2 Å². The Balaban J connectivity index is 1.66. The topological polar surface area (TPSA) is 67.4 Å². The second-order valence-electron chi connectivity index (χ2n) is 6.35. The maximum absolute atomic E-state index is 11.7. The second-order valence-corrected chi connectivity index (χ2v) is 6.35. The first-order valence-corrected chi connectivity index (χ1v) is 8.37. The van der Waals surface area contributed by atoms with E-state index in [1.807, 2.05) is 18.2 Å². The van der Waals surface area contributed by atoms with Gasteiger partial charge < -0.3 is 15.4 Å². The highest BCUT2D eigenvalue weighted by Crippen LogP contribution is 2.26. The molecule has 0 aliphatic carbocycles. The van der Waals surface area contributed by atoms with Crippen molar-refractivity contribution >= 4 is 17.5 Å². The van der Waals surface area contributed by atoms with Crippen molar-refractivity contribution in [2.45, 2.75) is 46.0 Å². The summed E-state index contributed by atoms with van der Waals surface area (Å²) in [6.07, 6.45) is 3.46. The Hall–Kier alpha value is -2.04. The Morgan fingerprint density at radius 3 is 2.96 bits per heavy atom. The maximum Gasteiger partial charge on any atom is 0.224 e. The summed E-state index contributed by atoms with van der Waals surface area (Å²) < 4.78 is 5.70. The number of aryl methyl sites for hydroxylation is 1. The third kappa shape index (κ3) is 5.93. The second kappa shape index (κ2) is 8.56. The fraction of sp³-hybridized carbons (Fsp3) is 0.556. The van der Waals surface area contributed by atoms with Crippen LogP contribution in [0, 0.1) is 5.92 Å². The van der Waals surface area contributed by atoms with Gasteiger partial charge in [0.25, 0.3) is 0 Å². The standard InChI is InChI=1S/C18H26N2O3/c1-13(2)9-10-19-17(21)4-3-11-23-15-6-7-16-14(12-15)5-8-18(22)20-16/h6-7,12-13H,3-5,8-11H2,1-2H3,(H,19,21)(H,20,22). The van der Waals surface area contributed by atoms with Gasteiger partial charge in [-0.05, 0) is 48.9 Å². The predicted octanol–water partition coefficient (Wildman–Crippen LogP) is 2.89. The van der Waals surface area contributed by atoms with Crippen molar-refractivity contribution in [3.05, 3.63) is 23.8 Å². The van der Waals surface area contributed by atoms with Gasteiger partial charge in [-0.15, -0.1) is 0 Å². The van der Waals surface area contributed by atoms with Crippen molar-refractivity contribution in [3.63, 3.8) is 0 Å². The van der Waals surface area contributed by atoms with Gasteiger partial charge in [-0.25, -0.2) is 0 Å². The molecule has 23 heavy (non-hydrogen) atoms. The zero-order valence-electron chi connectivity index (χ0n) is 14.0. The van der Waals surface area contributed by atoms with E-state index in [2.05, 4.69) is 24.5 Å². The van der Waals surface area contributed by atoms with Gasteiger partial charge in [-0.2, -0.15) is 0 Å². The number of benzene rings is 1. The number of rotatable bonds is 8. The lowest BCUT2D eigenvalue weighted by Gasteiger charge is -2.17. The van der Waals surface area contributed by atoms with Crippen molar-refractivity contribution < 1.29 is 14.3 Å². The summed E-state index contributed by atoms with van der Waals surface area (Å²) in [5.41, 5.74) is 1.98. The first kappa shape index (κ1) is 17.3. The van der Waals surface area contributed by atoms with E-state index in [9.17, 15) is 9.59 Å². The molecule has 0 atom stereocenters. The molecule has 0 aromatic heterocycles. The molecule has 1 aliphatic heterocycles. The molecule has 5 nitrogen and oxygen atoms in total. The molecule has 0 unspecified atom stereocenters. The molecule has 2 rings (SSSR count). The lowest BCUT2D eigenvalue weighted by atomic mass is 10.0. The molecule has 1 aliphatic rings. The Labute approximate surface area is 137 Å². The Morgan fingerprint density at radius 2 is 2.17 bits per heavy atom. The molecule has 0 saturated carbocycles. The Bertz CT molecular complexity index is 555. The average molecular weight is 318 g/mol. The van der Waals surface area contributed by atoms with Crippen molar-refractivity contribution in [2.75, 3.05) is 18.5 Å². The van der Waals surface area contributed by atoms with E-state index >= 15 is 0 Å². The zero-order chi connectivity index (χ0) is 16.7. The minimum Gasteiger partial charge on any atom is -0.494 e. The lowest BCUT2D eigenvalue weighted by Crippen LogP contribution is -2.25. The number of ether oxygens (including phenoxy) is 1. The van der Waals surface area contributed by atoms with Crippen LogP contribution in [0.5, 0.6) is 5.75 Å². The molecule has 1 aromatic carbocycles. The number of fused-ring (bicyclic) bond motifs is 1. The number of carbonyl (C=O) groups is 2. The minimum absolute atomic E-state index is 0.0645. The van der Waals surface area contributed by atoms with E-state index < -0.39 is 0 Å². The first-order chi connectivity index (χ1) is 11.0. The van der Waals surface area contributed by atoms with Crippen molar-refractivity contribution in [2.24, 2.45) is 5.92 Å². The van der Waals surface area contributed by atoms with E-state index in [1.54, 1.807) is 0 Å². The van der Waals surface area contributed by atoms with E-state index in [0.29, 0.717) is 31.8 Å². The van der Waals surface area contributed by atoms with Gasteiger partial charge in [-0.1, -0.05) is 13.8 Å². The number of hydrogen-bond donors (Lipinski definition) is 2. The van der Waals surface area contributed by atoms with Gasteiger partial charge in [0, 0.05) is 25.1 Å². The Kier molecular flexibility index (Phi) is 6.44. The largest absolute Gasteiger partial charge is 0.494 e. The fourth-order valence-corrected chi connectivity index (χ4v) is 2.46. The van der Waals surface area contributed by atoms with Gasteiger partial charge in [0.05, 0.1) is 6.61 Å². The normalized spacial score (nSPS) is 13.4. The molecule has 126 valence electrons. The number of hydrogen-bond acceptors (Lipinski definition) is 3. The highest BCUT2D eigenvalue weighted by Gasteiger charge is 2.14. The summed E-state index contributed by atoms with van der Waals surface area (Å²) in [6, 6.07) is 5.70. The molecular weight excluding hydrogens is 292 g/mol. The molecule has 2 N–H and O–H groups in total. The van der Waals surface area contributed by atoms with Crippen LogP contribution in [0.25, 0.3) is 0 Å². The van der Waals surface area contributed by atoms with Gasteiger partial charge >= 0.3 is 0 Å². The average Bonchev–Trinajstić information content (AvgIpc) is 2.51. The SMILES string of the molecule is CC(C)CCNC(=O)CCCOc1ccc2c(c1)CCC(=O)N2. The van der Waals surface area contributed by atoms with Crippen LogP contribution in [0.4, 0.5) is 5.69 Å². The smallest absolute Gasteiger partial charge is 0.224 e. The Morgan fingerprint density at radius 1 is 1.35 bits per heavy atom. The fourth-order valence-electron chi connectivity index (χ4n) is 2.46. The predicted molar refractivity (Wildman–Crippen MR) is 90.6 cm³/mol. The number of nitrogens with one attached hydrogen (secondary N) is 2. The number of carbonyl (C=O) groups excluding carboxylic acids is 2. The van der Waals surface area contributed by atoms with Crippen LogP contribution in [0.2, 0.25) is 0 Å². The molecule has 2 amide bonds. The molecule has 0 bridgehead atoms. The molecule has 0 saturated heterocycles.